The van der Waals surface area contributed by atoms with Crippen LogP contribution in [0.1, 0.15) is 41.6 Å². The first-order valence-electron chi connectivity index (χ1n) is 9.23. The van der Waals surface area contributed by atoms with Crippen LogP contribution in [0.25, 0.3) is 11.0 Å². The summed E-state index contributed by atoms with van der Waals surface area (Å²) in [5.74, 6) is -0.0526. The zero-order chi connectivity index (χ0) is 21.1. The van der Waals surface area contributed by atoms with E-state index in [0.29, 0.717) is 28.0 Å². The van der Waals surface area contributed by atoms with Gasteiger partial charge in [0.25, 0.3) is 5.91 Å². The molecule has 152 valence electrons. The van der Waals surface area contributed by atoms with Crippen molar-refractivity contribution in [2.45, 2.75) is 26.8 Å². The summed E-state index contributed by atoms with van der Waals surface area (Å²) in [5, 5.41) is 8.76. The minimum atomic E-state index is -0.467. The normalized spacial score (nSPS) is 12.1. The maximum Gasteiger partial charge on any atom is 0.319 e. The molecule has 7 nitrogen and oxygen atoms in total. The van der Waals surface area contributed by atoms with Crippen molar-refractivity contribution in [2.24, 2.45) is 5.92 Å². The second-order valence-electron chi connectivity index (χ2n) is 7.09. The lowest BCUT2D eigenvalue weighted by molar-refractivity contribution is 0.0962. The predicted molar refractivity (Wildman–Crippen MR) is 108 cm³/mol. The molecule has 3 amide bonds. The predicted octanol–water partition coefficient (Wildman–Crippen LogP) is 4.15. The second kappa shape index (κ2) is 8.30. The Bertz CT molecular complexity index is 1060. The fourth-order valence-electron chi connectivity index (χ4n) is 3.13. The fraction of sp³-hybridized carbons (Fsp3) is 0.286. The van der Waals surface area contributed by atoms with E-state index in [4.69, 9.17) is 4.42 Å². The van der Waals surface area contributed by atoms with Crippen LogP contribution in [0.4, 0.5) is 14.9 Å². The Balaban J connectivity index is 1.82. The standard InChI is InChI=1S/C21H23FN4O3/c1-11(2)18(19-12(3)16-8-14(22)5-6-17(16)29-19)26-21(28)25-15-7-13(9-24-10-15)20(27)23-4/h5-11,18H,1-4H3,(H,23,27)(H2,25,26,28)/t18-/m0/s1. The monoisotopic (exact) mass is 398 g/mol. The number of pyridine rings is 1. The second-order valence-corrected chi connectivity index (χ2v) is 7.09. The van der Waals surface area contributed by atoms with Gasteiger partial charge in [0.1, 0.15) is 17.2 Å². The molecule has 2 heterocycles. The van der Waals surface area contributed by atoms with Crippen molar-refractivity contribution in [3.05, 3.63) is 59.4 Å². The Morgan fingerprint density at radius 1 is 1.17 bits per heavy atom. The molecule has 0 saturated carbocycles. The lowest BCUT2D eigenvalue weighted by atomic mass is 9.98. The van der Waals surface area contributed by atoms with E-state index in [1.54, 1.807) is 6.07 Å². The Morgan fingerprint density at radius 2 is 1.93 bits per heavy atom. The molecular weight excluding hydrogens is 375 g/mol. The molecule has 29 heavy (non-hydrogen) atoms. The molecule has 1 atom stereocenters. The first-order valence-corrected chi connectivity index (χ1v) is 9.23. The third kappa shape index (κ3) is 4.37. The molecule has 0 unspecified atom stereocenters. The molecule has 2 aromatic heterocycles. The molecule has 3 rings (SSSR count). The molecule has 3 aromatic rings. The minimum absolute atomic E-state index is 0.0141. The number of fused-ring (bicyclic) bond motifs is 1. The molecule has 0 spiro atoms. The number of anilines is 1. The van der Waals surface area contributed by atoms with Crippen molar-refractivity contribution in [3.63, 3.8) is 0 Å². The average Bonchev–Trinajstić information content (AvgIpc) is 3.01. The summed E-state index contributed by atoms with van der Waals surface area (Å²) in [6, 6.07) is 4.97. The molecule has 0 aliphatic carbocycles. The van der Waals surface area contributed by atoms with Crippen LogP contribution in [0.5, 0.6) is 0 Å². The summed E-state index contributed by atoms with van der Waals surface area (Å²) in [7, 11) is 1.52. The number of carbonyl (C=O) groups is 2. The molecular formula is C21H23FN4O3. The Kier molecular flexibility index (Phi) is 5.81. The van der Waals surface area contributed by atoms with Gasteiger partial charge in [-0.1, -0.05) is 13.8 Å². The Morgan fingerprint density at radius 3 is 2.62 bits per heavy atom. The van der Waals surface area contributed by atoms with E-state index in [2.05, 4.69) is 20.9 Å². The highest BCUT2D eigenvalue weighted by molar-refractivity contribution is 5.96. The van der Waals surface area contributed by atoms with Gasteiger partial charge in [-0.05, 0) is 37.1 Å². The van der Waals surface area contributed by atoms with Crippen LogP contribution in [-0.2, 0) is 0 Å². The summed E-state index contributed by atoms with van der Waals surface area (Å²) >= 11 is 0. The van der Waals surface area contributed by atoms with Crippen molar-refractivity contribution in [2.75, 3.05) is 12.4 Å². The van der Waals surface area contributed by atoms with Gasteiger partial charge in [-0.3, -0.25) is 9.78 Å². The molecule has 8 heteroatoms. The third-order valence-electron chi connectivity index (χ3n) is 4.66. The zero-order valence-corrected chi connectivity index (χ0v) is 16.7. The highest BCUT2D eigenvalue weighted by Gasteiger charge is 2.25. The highest BCUT2D eigenvalue weighted by atomic mass is 19.1. The van der Waals surface area contributed by atoms with Crippen LogP contribution >= 0.6 is 0 Å². The SMILES string of the molecule is CNC(=O)c1cncc(NC(=O)N[C@H](c2oc3ccc(F)cc3c2C)C(C)C)c1. The molecule has 1 aromatic carbocycles. The van der Waals surface area contributed by atoms with Crippen molar-refractivity contribution in [3.8, 4) is 0 Å². The Labute approximate surface area is 167 Å². The average molecular weight is 398 g/mol. The number of furan rings is 1. The molecule has 3 N–H and O–H groups in total. The number of hydrogen-bond acceptors (Lipinski definition) is 4. The van der Waals surface area contributed by atoms with Gasteiger partial charge in [-0.2, -0.15) is 0 Å². The minimum Gasteiger partial charge on any atom is -0.459 e. The van der Waals surface area contributed by atoms with Crippen LogP contribution in [-0.4, -0.2) is 24.0 Å². The summed E-state index contributed by atoms with van der Waals surface area (Å²) < 4.78 is 19.5. The number of halogens is 1. The number of urea groups is 1. The number of nitrogens with one attached hydrogen (secondary N) is 3. The van der Waals surface area contributed by atoms with Gasteiger partial charge < -0.3 is 20.4 Å². The van der Waals surface area contributed by atoms with Crippen LogP contribution in [0.15, 0.2) is 41.1 Å². The van der Waals surface area contributed by atoms with Gasteiger partial charge in [0.05, 0.1) is 23.5 Å². The number of nitrogens with zero attached hydrogens (tertiary/aromatic N) is 1. The van der Waals surface area contributed by atoms with Crippen LogP contribution in [0, 0.1) is 18.7 Å². The van der Waals surface area contributed by atoms with Crippen LogP contribution < -0.4 is 16.0 Å². The maximum absolute atomic E-state index is 13.6. The number of amides is 3. The van der Waals surface area contributed by atoms with Crippen molar-refractivity contribution in [1.29, 1.82) is 0 Å². The van der Waals surface area contributed by atoms with E-state index < -0.39 is 12.1 Å². The van der Waals surface area contributed by atoms with E-state index in [9.17, 15) is 14.0 Å². The first-order chi connectivity index (χ1) is 13.8. The smallest absolute Gasteiger partial charge is 0.319 e. The van der Waals surface area contributed by atoms with Crippen molar-refractivity contribution >= 4 is 28.6 Å². The molecule has 0 aliphatic rings. The molecule has 0 aliphatic heterocycles. The van der Waals surface area contributed by atoms with Gasteiger partial charge >= 0.3 is 6.03 Å². The maximum atomic E-state index is 13.6. The van der Waals surface area contributed by atoms with Gasteiger partial charge in [-0.25, -0.2) is 9.18 Å². The number of aromatic nitrogens is 1. The van der Waals surface area contributed by atoms with Gasteiger partial charge in [0.2, 0.25) is 0 Å². The van der Waals surface area contributed by atoms with E-state index in [-0.39, 0.29) is 17.6 Å². The van der Waals surface area contributed by atoms with Gasteiger partial charge in [0.15, 0.2) is 0 Å². The van der Waals surface area contributed by atoms with Crippen molar-refractivity contribution < 1.29 is 18.4 Å². The number of rotatable bonds is 5. The third-order valence-corrected chi connectivity index (χ3v) is 4.66. The summed E-state index contributed by atoms with van der Waals surface area (Å²) in [4.78, 5) is 28.3. The summed E-state index contributed by atoms with van der Waals surface area (Å²) in [6.45, 7) is 5.74. The Hall–Kier alpha value is -3.42. The molecule has 0 radical (unpaired) electrons. The summed E-state index contributed by atoms with van der Waals surface area (Å²) in [6.07, 6.45) is 2.86. The molecule has 0 bridgehead atoms. The number of carbonyl (C=O) groups excluding carboxylic acids is 2. The molecule has 0 fully saturated rings. The first kappa shape index (κ1) is 20.3. The number of hydrogen-bond donors (Lipinski definition) is 3. The van der Waals surface area contributed by atoms with E-state index >= 15 is 0 Å². The highest BCUT2D eigenvalue weighted by Crippen LogP contribution is 2.33. The van der Waals surface area contributed by atoms with Crippen LogP contribution in [0.3, 0.4) is 0 Å². The largest absolute Gasteiger partial charge is 0.459 e. The van der Waals surface area contributed by atoms with E-state index in [1.165, 1.54) is 37.6 Å². The van der Waals surface area contributed by atoms with Crippen molar-refractivity contribution in [1.82, 2.24) is 15.6 Å². The molecule has 0 saturated heterocycles. The zero-order valence-electron chi connectivity index (χ0n) is 16.7. The van der Waals surface area contributed by atoms with Crippen LogP contribution in [0.2, 0.25) is 0 Å². The quantitative estimate of drug-likeness (QED) is 0.601. The number of benzene rings is 1. The van der Waals surface area contributed by atoms with Gasteiger partial charge in [0, 0.05) is 24.2 Å². The van der Waals surface area contributed by atoms with E-state index in [1.807, 2.05) is 20.8 Å². The lowest BCUT2D eigenvalue weighted by Gasteiger charge is -2.21. The number of aryl methyl sites for hydroxylation is 1. The lowest BCUT2D eigenvalue weighted by Crippen LogP contribution is -2.35. The van der Waals surface area contributed by atoms with E-state index in [0.717, 1.165) is 5.56 Å². The fourth-order valence-corrected chi connectivity index (χ4v) is 3.13. The van der Waals surface area contributed by atoms with Gasteiger partial charge in [-0.15, -0.1) is 0 Å². The topological polar surface area (TPSA) is 96.3 Å². The summed E-state index contributed by atoms with van der Waals surface area (Å²) in [5.41, 5.74) is 2.06.